The Morgan fingerprint density at radius 1 is 1.17 bits per heavy atom. The number of rotatable bonds is 5. The zero-order valence-electron chi connectivity index (χ0n) is 14.4. The zero-order chi connectivity index (χ0) is 17.5. The lowest BCUT2D eigenvalue weighted by molar-refractivity contribution is -0.124. The lowest BCUT2D eigenvalue weighted by atomic mass is 10.1. The number of likely N-dealkylation sites (tertiary alicyclic amines) is 1. The van der Waals surface area contributed by atoms with Gasteiger partial charge in [-0.15, -0.1) is 0 Å². The Hall–Kier alpha value is -2.12. The monoisotopic (exact) mass is 335 g/mol. The van der Waals surface area contributed by atoms with Gasteiger partial charge in [0.25, 0.3) is 5.91 Å². The maximum atomic E-state index is 12.3. The van der Waals surface area contributed by atoms with Crippen LogP contribution in [0, 0.1) is 0 Å². The average molecular weight is 335 g/mol. The molecular formula is C17H25N3O4. The molecule has 0 bridgehead atoms. The molecule has 7 nitrogen and oxygen atoms in total. The molecule has 2 N–H and O–H groups in total. The van der Waals surface area contributed by atoms with Crippen molar-refractivity contribution in [3.63, 3.8) is 0 Å². The van der Waals surface area contributed by atoms with E-state index in [1.165, 1.54) is 7.11 Å². The number of carbonyl (C=O) groups excluding carboxylic acids is 2. The summed E-state index contributed by atoms with van der Waals surface area (Å²) in [7, 11) is 3.18. The molecule has 1 aromatic carbocycles. The van der Waals surface area contributed by atoms with Crippen LogP contribution < -0.4 is 10.6 Å². The van der Waals surface area contributed by atoms with Crippen molar-refractivity contribution in [2.24, 2.45) is 0 Å². The second kappa shape index (κ2) is 8.65. The first-order chi connectivity index (χ1) is 11.5. The second-order valence-corrected chi connectivity index (χ2v) is 5.80. The minimum Gasteiger partial charge on any atom is -0.381 e. The Bertz CT molecular complexity index is 571. The van der Waals surface area contributed by atoms with E-state index in [0.29, 0.717) is 24.5 Å². The fourth-order valence-electron chi connectivity index (χ4n) is 2.52. The van der Waals surface area contributed by atoms with Crippen LogP contribution in [0.4, 0.5) is 16.2 Å². The average Bonchev–Trinajstić information content (AvgIpc) is 2.61. The highest BCUT2D eigenvalue weighted by Crippen LogP contribution is 2.18. The normalized spacial score (nSPS) is 16.5. The molecule has 1 aromatic rings. The van der Waals surface area contributed by atoms with E-state index in [9.17, 15) is 9.59 Å². The molecule has 0 spiro atoms. The van der Waals surface area contributed by atoms with Gasteiger partial charge in [-0.05, 0) is 38.0 Å². The predicted molar refractivity (Wildman–Crippen MR) is 92.2 cm³/mol. The first-order valence-electron chi connectivity index (χ1n) is 8.06. The molecule has 1 atom stereocenters. The third-order valence-electron chi connectivity index (χ3n) is 4.17. The fraction of sp³-hybridized carbons (Fsp3) is 0.529. The van der Waals surface area contributed by atoms with Crippen molar-refractivity contribution in [1.29, 1.82) is 0 Å². The molecule has 1 fully saturated rings. The number of hydrogen-bond acceptors (Lipinski definition) is 4. The number of piperidine rings is 1. The molecule has 0 aromatic heterocycles. The molecule has 0 radical (unpaired) electrons. The Balaban J connectivity index is 1.92. The molecule has 2 rings (SSSR count). The Kier molecular flexibility index (Phi) is 6.57. The third-order valence-corrected chi connectivity index (χ3v) is 4.17. The first-order valence-corrected chi connectivity index (χ1v) is 8.06. The van der Waals surface area contributed by atoms with Gasteiger partial charge in [-0.2, -0.15) is 0 Å². The van der Waals surface area contributed by atoms with Crippen molar-refractivity contribution < 1.29 is 19.1 Å². The fourth-order valence-corrected chi connectivity index (χ4v) is 2.52. The van der Waals surface area contributed by atoms with E-state index in [4.69, 9.17) is 9.47 Å². The minimum atomic E-state index is -0.537. The number of benzene rings is 1. The lowest BCUT2D eigenvalue weighted by Gasteiger charge is -2.31. The maximum Gasteiger partial charge on any atom is 0.321 e. The molecule has 132 valence electrons. The number of nitrogens with zero attached hydrogens (tertiary/aromatic N) is 1. The van der Waals surface area contributed by atoms with Crippen LogP contribution in [-0.2, 0) is 14.3 Å². The van der Waals surface area contributed by atoms with Gasteiger partial charge < -0.3 is 25.0 Å². The SMILES string of the molecule is COC1CCN(C(=O)Nc2cccc(NC(=O)[C@@H](C)OC)c2)CC1. The van der Waals surface area contributed by atoms with Gasteiger partial charge in [-0.25, -0.2) is 4.79 Å². The van der Waals surface area contributed by atoms with E-state index in [2.05, 4.69) is 10.6 Å². The van der Waals surface area contributed by atoms with Crippen molar-refractivity contribution in [3.8, 4) is 0 Å². The summed E-state index contributed by atoms with van der Waals surface area (Å²) in [6.45, 7) is 3.02. The summed E-state index contributed by atoms with van der Waals surface area (Å²) in [5.74, 6) is -0.234. The van der Waals surface area contributed by atoms with Gasteiger partial charge in [0.15, 0.2) is 0 Å². The standard InChI is InChI=1S/C17H25N3O4/c1-12(23-2)16(21)18-13-5-4-6-14(11-13)19-17(22)20-9-7-15(24-3)8-10-20/h4-6,11-12,15H,7-10H2,1-3H3,(H,18,21)(H,19,22)/t12-/m1/s1. The van der Waals surface area contributed by atoms with Gasteiger partial charge in [0.1, 0.15) is 6.10 Å². The van der Waals surface area contributed by atoms with Crippen LogP contribution in [0.3, 0.4) is 0 Å². The smallest absolute Gasteiger partial charge is 0.321 e. The summed E-state index contributed by atoms with van der Waals surface area (Å²) in [4.78, 5) is 25.9. The molecule has 1 heterocycles. The third kappa shape index (κ3) is 4.94. The first kappa shape index (κ1) is 18.2. The highest BCUT2D eigenvalue weighted by Gasteiger charge is 2.22. The van der Waals surface area contributed by atoms with Gasteiger partial charge in [0.05, 0.1) is 6.10 Å². The van der Waals surface area contributed by atoms with E-state index in [1.807, 2.05) is 0 Å². The molecule has 0 unspecified atom stereocenters. The molecule has 0 saturated carbocycles. The summed E-state index contributed by atoms with van der Waals surface area (Å²) in [6.07, 6.45) is 1.38. The summed E-state index contributed by atoms with van der Waals surface area (Å²) >= 11 is 0. The van der Waals surface area contributed by atoms with Crippen molar-refractivity contribution >= 4 is 23.3 Å². The minimum absolute atomic E-state index is 0.140. The summed E-state index contributed by atoms with van der Waals surface area (Å²) in [5.41, 5.74) is 1.25. The summed E-state index contributed by atoms with van der Waals surface area (Å²) < 4.78 is 10.3. The second-order valence-electron chi connectivity index (χ2n) is 5.80. The van der Waals surface area contributed by atoms with E-state index in [1.54, 1.807) is 43.2 Å². The molecule has 1 saturated heterocycles. The largest absolute Gasteiger partial charge is 0.381 e. The number of urea groups is 1. The van der Waals surface area contributed by atoms with Gasteiger partial charge in [-0.1, -0.05) is 6.07 Å². The Labute approximate surface area is 142 Å². The number of carbonyl (C=O) groups is 2. The molecule has 3 amide bonds. The Morgan fingerprint density at radius 2 is 1.79 bits per heavy atom. The topological polar surface area (TPSA) is 79.9 Å². The molecule has 0 aliphatic carbocycles. The van der Waals surface area contributed by atoms with Crippen molar-refractivity contribution in [3.05, 3.63) is 24.3 Å². The van der Waals surface area contributed by atoms with E-state index in [0.717, 1.165) is 12.8 Å². The molecule has 24 heavy (non-hydrogen) atoms. The molecule has 7 heteroatoms. The van der Waals surface area contributed by atoms with Crippen LogP contribution >= 0.6 is 0 Å². The van der Waals surface area contributed by atoms with Gasteiger partial charge in [0.2, 0.25) is 0 Å². The molecular weight excluding hydrogens is 310 g/mol. The summed E-state index contributed by atoms with van der Waals surface area (Å²) in [6, 6.07) is 6.91. The number of hydrogen-bond donors (Lipinski definition) is 2. The highest BCUT2D eigenvalue weighted by molar-refractivity contribution is 5.95. The van der Waals surface area contributed by atoms with Crippen LogP contribution in [0.15, 0.2) is 24.3 Å². The number of ether oxygens (including phenoxy) is 2. The predicted octanol–water partition coefficient (Wildman–Crippen LogP) is 2.30. The quantitative estimate of drug-likeness (QED) is 0.865. The number of methoxy groups -OCH3 is 2. The zero-order valence-corrected chi connectivity index (χ0v) is 14.4. The van der Waals surface area contributed by atoms with E-state index < -0.39 is 6.10 Å². The van der Waals surface area contributed by atoms with Gasteiger partial charge in [0, 0.05) is 38.7 Å². The van der Waals surface area contributed by atoms with Crippen LogP contribution in [0.25, 0.3) is 0 Å². The van der Waals surface area contributed by atoms with Crippen LogP contribution in [0.5, 0.6) is 0 Å². The maximum absolute atomic E-state index is 12.3. The van der Waals surface area contributed by atoms with Crippen LogP contribution in [-0.4, -0.2) is 56.4 Å². The van der Waals surface area contributed by atoms with E-state index in [-0.39, 0.29) is 18.0 Å². The number of nitrogens with one attached hydrogen (secondary N) is 2. The Morgan fingerprint density at radius 3 is 2.38 bits per heavy atom. The van der Waals surface area contributed by atoms with Crippen LogP contribution in [0.1, 0.15) is 19.8 Å². The molecule has 1 aliphatic rings. The number of amides is 3. The van der Waals surface area contributed by atoms with Crippen molar-refractivity contribution in [1.82, 2.24) is 4.90 Å². The van der Waals surface area contributed by atoms with Crippen LogP contribution in [0.2, 0.25) is 0 Å². The lowest BCUT2D eigenvalue weighted by Crippen LogP contribution is -2.42. The van der Waals surface area contributed by atoms with E-state index >= 15 is 0 Å². The summed E-state index contributed by atoms with van der Waals surface area (Å²) in [5, 5.41) is 5.62. The van der Waals surface area contributed by atoms with Crippen molar-refractivity contribution in [2.45, 2.75) is 32.0 Å². The number of anilines is 2. The van der Waals surface area contributed by atoms with Gasteiger partial charge in [-0.3, -0.25) is 4.79 Å². The molecule has 1 aliphatic heterocycles. The highest BCUT2D eigenvalue weighted by atomic mass is 16.5. The van der Waals surface area contributed by atoms with Crippen molar-refractivity contribution in [2.75, 3.05) is 37.9 Å². The van der Waals surface area contributed by atoms with Gasteiger partial charge >= 0.3 is 6.03 Å².